The van der Waals surface area contributed by atoms with Crippen molar-refractivity contribution >= 4 is 19.8 Å². The molecular weight excluding hydrogens is 284 g/mol. The zero-order chi connectivity index (χ0) is 11.4. The number of hydrogen-bond acceptors (Lipinski definition) is 3. The van der Waals surface area contributed by atoms with Crippen LogP contribution in [-0.2, 0) is 43.3 Å². The molecule has 77 valence electrons. The predicted octanol–water partition coefficient (Wildman–Crippen LogP) is 1.04. The van der Waals surface area contributed by atoms with Crippen LogP contribution in [0.4, 0.5) is 0 Å². The third-order valence-electron chi connectivity index (χ3n) is 2.05. The molecule has 0 spiro atoms. The third kappa shape index (κ3) is 3.77. The predicted molar refractivity (Wildman–Crippen MR) is 60.4 cm³/mol. The van der Waals surface area contributed by atoms with E-state index in [0.717, 1.165) is 24.2 Å². The minimum absolute atomic E-state index is 0. The summed E-state index contributed by atoms with van der Waals surface area (Å²) >= 11 is 1.16. The van der Waals surface area contributed by atoms with Crippen LogP contribution in [0.2, 0.25) is 0 Å². The summed E-state index contributed by atoms with van der Waals surface area (Å²) in [6.07, 6.45) is 0.895. The number of fused-ring (bicyclic) bond motifs is 1. The van der Waals surface area contributed by atoms with E-state index in [9.17, 15) is 0 Å². The van der Waals surface area contributed by atoms with Crippen molar-refractivity contribution in [1.29, 1.82) is 2.67 Å². The summed E-state index contributed by atoms with van der Waals surface area (Å²) in [5, 5.41) is 0. The standard InChI is InChI=1S/C10H12BO2S.Y/c11-7-14-12-6-9-5-8-3-1-2-4-10(8)13-9;/h2-4,9H,5-7,11H2;/q-1;/i11TD;. The largest absolute Gasteiger partial charge is 0.514 e. The van der Waals surface area contributed by atoms with E-state index in [1.165, 1.54) is 5.56 Å². The molecule has 0 fully saturated rings. The number of ether oxygens (including phenoxy) is 1. The van der Waals surface area contributed by atoms with Crippen LogP contribution >= 0.6 is 12.0 Å². The molecule has 0 aliphatic carbocycles. The smallest absolute Gasteiger partial charge is 0.117 e. The van der Waals surface area contributed by atoms with Crippen LogP contribution in [0.1, 0.15) is 5.56 Å². The Morgan fingerprint density at radius 3 is 3.67 bits per heavy atom. The first-order valence-corrected chi connectivity index (χ1v) is 5.41. The van der Waals surface area contributed by atoms with Crippen molar-refractivity contribution in [3.05, 3.63) is 29.8 Å². The fourth-order valence-corrected chi connectivity index (χ4v) is 1.80. The summed E-state index contributed by atoms with van der Waals surface area (Å²) in [5.41, 5.74) is 1.54. The van der Waals surface area contributed by atoms with Gasteiger partial charge in [-0.3, -0.25) is 0 Å². The summed E-state index contributed by atoms with van der Waals surface area (Å²) in [5.74, 6) is 0.913. The van der Waals surface area contributed by atoms with Crippen LogP contribution < -0.4 is 4.74 Å². The third-order valence-corrected chi connectivity index (χ3v) is 2.49. The van der Waals surface area contributed by atoms with Gasteiger partial charge in [-0.25, -0.2) is 0 Å². The second-order valence-electron chi connectivity index (χ2n) is 3.05. The zero-order valence-electron chi connectivity index (χ0n) is 10.3. The fraction of sp³-hybridized carbons (Fsp3) is 0.400. The van der Waals surface area contributed by atoms with Crippen LogP contribution in [0, 0.1) is 6.07 Å². The molecule has 2 nitrogen and oxygen atoms in total. The van der Waals surface area contributed by atoms with Crippen molar-refractivity contribution in [2.75, 3.05) is 12.3 Å². The van der Waals surface area contributed by atoms with Crippen LogP contribution in [-0.4, -0.2) is 28.8 Å². The average molecular weight is 299 g/mol. The first-order chi connectivity index (χ1) is 7.75. The van der Waals surface area contributed by atoms with E-state index < -0.39 is 7.77 Å². The van der Waals surface area contributed by atoms with E-state index in [2.05, 4.69) is 6.07 Å². The van der Waals surface area contributed by atoms with E-state index >= 15 is 0 Å². The van der Waals surface area contributed by atoms with Gasteiger partial charge in [-0.05, 0) is 26.8 Å². The summed E-state index contributed by atoms with van der Waals surface area (Å²) in [6.45, 7) is 0.492. The summed E-state index contributed by atoms with van der Waals surface area (Å²) in [4.78, 5) is 0. The molecule has 1 radical (unpaired) electrons. The van der Waals surface area contributed by atoms with Crippen molar-refractivity contribution in [3.8, 4) is 5.75 Å². The molecule has 0 amide bonds. The van der Waals surface area contributed by atoms with E-state index in [4.69, 9.17) is 11.6 Å². The molecule has 1 aromatic rings. The molecule has 1 unspecified atom stereocenters. The molecule has 5 heteroatoms. The molecule has 1 aromatic carbocycles. The summed E-state index contributed by atoms with van der Waals surface area (Å²) in [7, 11) is -0.832. The molecule has 2 rings (SSSR count). The van der Waals surface area contributed by atoms with Gasteiger partial charge in [0.05, 0.1) is 6.61 Å². The molecule has 1 atom stereocenters. The van der Waals surface area contributed by atoms with Gasteiger partial charge in [-0.15, -0.1) is 11.6 Å². The van der Waals surface area contributed by atoms with Crippen molar-refractivity contribution < 1.29 is 41.6 Å². The Morgan fingerprint density at radius 2 is 2.87 bits per heavy atom. The Kier molecular flexibility index (Phi) is 4.93. The second kappa shape index (κ2) is 6.95. The SMILES string of the molecule is [2H]B([3H])CSOCC1Cc2c[c-]ccc2O1.[Y]. The van der Waals surface area contributed by atoms with Gasteiger partial charge in [0.2, 0.25) is 0 Å². The topological polar surface area (TPSA) is 18.5 Å². The summed E-state index contributed by atoms with van der Waals surface area (Å²) in [6, 6.07) is 8.70. The van der Waals surface area contributed by atoms with Gasteiger partial charge in [0, 0.05) is 38.5 Å². The second-order valence-corrected chi connectivity index (χ2v) is 3.85. The molecule has 1 heterocycles. The van der Waals surface area contributed by atoms with Gasteiger partial charge in [-0.2, -0.15) is 18.2 Å². The van der Waals surface area contributed by atoms with Crippen LogP contribution in [0.5, 0.6) is 5.75 Å². The van der Waals surface area contributed by atoms with Crippen LogP contribution in [0.15, 0.2) is 18.2 Å². The number of rotatable bonds is 5. The van der Waals surface area contributed by atoms with Crippen molar-refractivity contribution in [3.63, 3.8) is 0 Å². The van der Waals surface area contributed by atoms with E-state index in [0.29, 0.717) is 12.3 Å². The van der Waals surface area contributed by atoms with E-state index in [1.807, 2.05) is 18.2 Å². The fourth-order valence-electron chi connectivity index (χ4n) is 1.46. The zero-order valence-corrected chi connectivity index (χ0v) is 12.0. The Hall–Kier alpha value is 0.499. The Morgan fingerprint density at radius 1 is 1.93 bits per heavy atom. The average Bonchev–Trinajstić information content (AvgIpc) is 2.66. The van der Waals surface area contributed by atoms with Gasteiger partial charge < -0.3 is 8.92 Å². The Bertz CT molecular complexity index is 332. The maximum absolute atomic E-state index is 7.00. The maximum Gasteiger partial charge on any atom is 0.117 e. The molecule has 0 aromatic heterocycles. The van der Waals surface area contributed by atoms with E-state index in [1.54, 1.807) is 0 Å². The molecule has 0 N–H and O–H groups in total. The molecule has 1 aliphatic heterocycles. The minimum Gasteiger partial charge on any atom is -0.514 e. The first kappa shape index (κ1) is 10.6. The molecule has 0 saturated heterocycles. The Balaban J connectivity index is 0.00000144. The van der Waals surface area contributed by atoms with Gasteiger partial charge in [-0.1, -0.05) is 0 Å². The van der Waals surface area contributed by atoms with Gasteiger partial charge in [0.1, 0.15) is 13.9 Å². The molecular formula is C10H12BO2SY-. The van der Waals surface area contributed by atoms with Crippen LogP contribution in [0.3, 0.4) is 0 Å². The minimum atomic E-state index is -0.832. The van der Waals surface area contributed by atoms with E-state index in [-0.39, 0.29) is 38.8 Å². The molecule has 0 saturated carbocycles. The first-order valence-electron chi connectivity index (χ1n) is 5.65. The maximum atomic E-state index is 7.00. The quantitative estimate of drug-likeness (QED) is 0.350. The van der Waals surface area contributed by atoms with Crippen molar-refractivity contribution in [2.24, 2.45) is 0 Å². The normalized spacial score (nSPS) is 19.3. The summed E-state index contributed by atoms with van der Waals surface area (Å²) < 4.78 is 25.0. The number of hydrogen-bond donors (Lipinski definition) is 0. The molecule has 15 heavy (non-hydrogen) atoms. The van der Waals surface area contributed by atoms with Crippen molar-refractivity contribution in [2.45, 2.75) is 12.5 Å². The van der Waals surface area contributed by atoms with Gasteiger partial charge >= 0.3 is 0 Å². The molecule has 0 bridgehead atoms. The van der Waals surface area contributed by atoms with Gasteiger partial charge in [0.15, 0.2) is 0 Å². The van der Waals surface area contributed by atoms with Crippen LogP contribution in [0.25, 0.3) is 0 Å². The van der Waals surface area contributed by atoms with Gasteiger partial charge in [0.25, 0.3) is 0 Å². The number of benzene rings is 1. The Labute approximate surface area is 124 Å². The van der Waals surface area contributed by atoms with Crippen molar-refractivity contribution in [1.82, 2.24) is 0 Å². The molecule has 1 aliphatic rings. The monoisotopic (exact) mass is 299 g/mol.